The summed E-state index contributed by atoms with van der Waals surface area (Å²) >= 11 is 3.42. The van der Waals surface area contributed by atoms with Gasteiger partial charge >= 0.3 is 0 Å². The van der Waals surface area contributed by atoms with E-state index in [0.717, 1.165) is 15.6 Å². The van der Waals surface area contributed by atoms with Crippen molar-refractivity contribution in [1.29, 1.82) is 0 Å². The van der Waals surface area contributed by atoms with Crippen molar-refractivity contribution >= 4 is 27.5 Å². The molecule has 23 heavy (non-hydrogen) atoms. The quantitative estimate of drug-likeness (QED) is 0.746. The summed E-state index contributed by atoms with van der Waals surface area (Å²) in [6, 6.07) is 15.6. The van der Waals surface area contributed by atoms with Crippen LogP contribution in [0.1, 0.15) is 21.5 Å². The molecule has 0 spiro atoms. The predicted octanol–water partition coefficient (Wildman–Crippen LogP) is 4.25. The van der Waals surface area contributed by atoms with Crippen molar-refractivity contribution in [3.05, 3.63) is 82.1 Å². The fraction of sp³-hybridized carbons (Fsp3) is 0.111. The molecule has 0 fully saturated rings. The maximum atomic E-state index is 12.2. The number of carbonyl (C=O) groups excluding carboxylic acids is 1. The van der Waals surface area contributed by atoms with Crippen molar-refractivity contribution in [2.75, 3.05) is 5.32 Å². The van der Waals surface area contributed by atoms with Crippen LogP contribution in [0.4, 0.5) is 5.69 Å². The topological polar surface area (TPSA) is 46.9 Å². The first-order valence-electron chi connectivity index (χ1n) is 7.25. The van der Waals surface area contributed by atoms with Crippen LogP contribution in [-0.4, -0.2) is 15.7 Å². The molecule has 5 heteroatoms. The maximum absolute atomic E-state index is 12.2. The van der Waals surface area contributed by atoms with Crippen LogP contribution < -0.4 is 5.32 Å². The summed E-state index contributed by atoms with van der Waals surface area (Å²) in [5, 5.41) is 7.15. The van der Waals surface area contributed by atoms with E-state index < -0.39 is 0 Å². The monoisotopic (exact) mass is 369 g/mol. The summed E-state index contributed by atoms with van der Waals surface area (Å²) in [4.78, 5) is 12.2. The first kappa shape index (κ1) is 15.5. The Morgan fingerprint density at radius 3 is 2.52 bits per heavy atom. The van der Waals surface area contributed by atoms with E-state index in [0.29, 0.717) is 17.8 Å². The fourth-order valence-electron chi connectivity index (χ4n) is 2.20. The zero-order valence-corrected chi connectivity index (χ0v) is 14.2. The Hall–Kier alpha value is -2.40. The third-order valence-electron chi connectivity index (χ3n) is 3.46. The molecule has 0 aliphatic carbocycles. The van der Waals surface area contributed by atoms with E-state index in [-0.39, 0.29) is 5.91 Å². The number of aryl methyl sites for hydroxylation is 1. The smallest absolute Gasteiger partial charge is 0.255 e. The molecule has 0 bridgehead atoms. The molecule has 1 N–H and O–H groups in total. The molecular weight excluding hydrogens is 354 g/mol. The minimum Gasteiger partial charge on any atom is -0.319 e. The van der Waals surface area contributed by atoms with Gasteiger partial charge in [0.2, 0.25) is 0 Å². The molecule has 0 aliphatic heterocycles. The van der Waals surface area contributed by atoms with Gasteiger partial charge in [0.15, 0.2) is 0 Å². The zero-order chi connectivity index (χ0) is 16.2. The van der Waals surface area contributed by atoms with Crippen molar-refractivity contribution in [2.45, 2.75) is 13.5 Å². The standard InChI is InChI=1S/C18H16BrN3O/c1-13-2-6-15(7-3-13)18(23)21-17-10-20-22(12-17)11-14-4-8-16(19)9-5-14/h2-10,12H,11H2,1H3,(H,21,23). The molecule has 1 amide bonds. The van der Waals surface area contributed by atoms with Crippen molar-refractivity contribution in [1.82, 2.24) is 9.78 Å². The Balaban J connectivity index is 1.66. The van der Waals surface area contributed by atoms with Gasteiger partial charge in [-0.15, -0.1) is 0 Å². The lowest BCUT2D eigenvalue weighted by molar-refractivity contribution is 0.102. The number of anilines is 1. The second-order valence-corrected chi connectivity index (χ2v) is 6.29. The molecule has 0 saturated carbocycles. The molecule has 2 aromatic carbocycles. The van der Waals surface area contributed by atoms with Crippen LogP contribution in [0.25, 0.3) is 0 Å². The zero-order valence-electron chi connectivity index (χ0n) is 12.7. The lowest BCUT2D eigenvalue weighted by Crippen LogP contribution is -2.11. The molecule has 116 valence electrons. The van der Waals surface area contributed by atoms with E-state index in [9.17, 15) is 4.79 Å². The fourth-order valence-corrected chi connectivity index (χ4v) is 2.46. The summed E-state index contributed by atoms with van der Waals surface area (Å²) in [7, 11) is 0. The average Bonchev–Trinajstić information content (AvgIpc) is 2.97. The van der Waals surface area contributed by atoms with Gasteiger partial charge in [0, 0.05) is 16.2 Å². The Kier molecular flexibility index (Phi) is 4.57. The van der Waals surface area contributed by atoms with E-state index in [1.165, 1.54) is 0 Å². The number of carbonyl (C=O) groups is 1. The Labute approximate surface area is 143 Å². The number of aromatic nitrogens is 2. The van der Waals surface area contributed by atoms with Crippen LogP contribution in [0, 0.1) is 6.92 Å². The summed E-state index contributed by atoms with van der Waals surface area (Å²) in [5.41, 5.74) is 3.60. The summed E-state index contributed by atoms with van der Waals surface area (Å²) in [6.07, 6.45) is 3.49. The van der Waals surface area contributed by atoms with Crippen LogP contribution in [0.5, 0.6) is 0 Å². The first-order valence-corrected chi connectivity index (χ1v) is 8.04. The van der Waals surface area contributed by atoms with E-state index in [2.05, 4.69) is 26.3 Å². The van der Waals surface area contributed by atoms with Gasteiger partial charge < -0.3 is 5.32 Å². The molecule has 3 rings (SSSR count). The van der Waals surface area contributed by atoms with Crippen LogP contribution in [0.15, 0.2) is 65.4 Å². The second kappa shape index (κ2) is 6.79. The normalized spacial score (nSPS) is 10.5. The van der Waals surface area contributed by atoms with Gasteiger partial charge in [0.25, 0.3) is 5.91 Å². The maximum Gasteiger partial charge on any atom is 0.255 e. The van der Waals surface area contributed by atoms with Gasteiger partial charge in [-0.05, 0) is 36.8 Å². The van der Waals surface area contributed by atoms with E-state index in [4.69, 9.17) is 0 Å². The molecular formula is C18H16BrN3O. The molecule has 1 heterocycles. The van der Waals surface area contributed by atoms with Gasteiger partial charge in [0.1, 0.15) is 0 Å². The van der Waals surface area contributed by atoms with Crippen molar-refractivity contribution in [2.24, 2.45) is 0 Å². The van der Waals surface area contributed by atoms with Gasteiger partial charge in [-0.25, -0.2) is 0 Å². The number of hydrogen-bond donors (Lipinski definition) is 1. The third kappa shape index (κ3) is 4.07. The van der Waals surface area contributed by atoms with Gasteiger partial charge in [-0.2, -0.15) is 5.10 Å². The number of benzene rings is 2. The van der Waals surface area contributed by atoms with Gasteiger partial charge in [-0.1, -0.05) is 45.8 Å². The lowest BCUT2D eigenvalue weighted by Gasteiger charge is -2.03. The number of nitrogens with one attached hydrogen (secondary N) is 1. The minimum atomic E-state index is -0.131. The highest BCUT2D eigenvalue weighted by atomic mass is 79.9. The van der Waals surface area contributed by atoms with Crippen molar-refractivity contribution in [3.63, 3.8) is 0 Å². The largest absolute Gasteiger partial charge is 0.319 e. The Morgan fingerprint density at radius 2 is 1.83 bits per heavy atom. The van der Waals surface area contributed by atoms with E-state index in [1.54, 1.807) is 10.9 Å². The number of hydrogen-bond acceptors (Lipinski definition) is 2. The molecule has 0 aliphatic rings. The molecule has 4 nitrogen and oxygen atoms in total. The summed E-state index contributed by atoms with van der Waals surface area (Å²) in [6.45, 7) is 2.65. The first-order chi connectivity index (χ1) is 11.1. The van der Waals surface area contributed by atoms with Gasteiger partial charge in [0.05, 0.1) is 18.4 Å². The molecule has 0 atom stereocenters. The number of nitrogens with zero attached hydrogens (tertiary/aromatic N) is 2. The molecule has 0 unspecified atom stereocenters. The number of halogens is 1. The van der Waals surface area contributed by atoms with Crippen LogP contribution in [-0.2, 0) is 6.54 Å². The van der Waals surface area contributed by atoms with Crippen LogP contribution >= 0.6 is 15.9 Å². The highest BCUT2D eigenvalue weighted by molar-refractivity contribution is 9.10. The van der Waals surface area contributed by atoms with Crippen LogP contribution in [0.3, 0.4) is 0 Å². The lowest BCUT2D eigenvalue weighted by atomic mass is 10.1. The number of rotatable bonds is 4. The predicted molar refractivity (Wildman–Crippen MR) is 94.6 cm³/mol. The molecule has 3 aromatic rings. The SMILES string of the molecule is Cc1ccc(C(=O)Nc2cnn(Cc3ccc(Br)cc3)c2)cc1. The molecule has 0 radical (unpaired) electrons. The average molecular weight is 370 g/mol. The molecule has 1 aromatic heterocycles. The van der Waals surface area contributed by atoms with Crippen LogP contribution in [0.2, 0.25) is 0 Å². The van der Waals surface area contributed by atoms with E-state index in [1.807, 2.05) is 61.7 Å². The Bertz CT molecular complexity index is 807. The number of amides is 1. The Morgan fingerprint density at radius 1 is 1.13 bits per heavy atom. The van der Waals surface area contributed by atoms with Crippen molar-refractivity contribution < 1.29 is 4.79 Å². The highest BCUT2D eigenvalue weighted by Gasteiger charge is 2.07. The van der Waals surface area contributed by atoms with Crippen molar-refractivity contribution in [3.8, 4) is 0 Å². The van der Waals surface area contributed by atoms with E-state index >= 15 is 0 Å². The minimum absolute atomic E-state index is 0.131. The molecule has 0 saturated heterocycles. The highest BCUT2D eigenvalue weighted by Crippen LogP contribution is 2.13. The third-order valence-corrected chi connectivity index (χ3v) is 3.99. The summed E-state index contributed by atoms with van der Waals surface area (Å²) < 4.78 is 2.85. The summed E-state index contributed by atoms with van der Waals surface area (Å²) in [5.74, 6) is -0.131. The second-order valence-electron chi connectivity index (χ2n) is 5.37. The van der Waals surface area contributed by atoms with Gasteiger partial charge in [-0.3, -0.25) is 9.48 Å².